The normalized spacial score (nSPS) is 11.6. The zero-order valence-electron chi connectivity index (χ0n) is 19.2. The van der Waals surface area contributed by atoms with Gasteiger partial charge in [-0.1, -0.05) is 55.8 Å². The van der Waals surface area contributed by atoms with E-state index in [1.165, 1.54) is 0 Å². The van der Waals surface area contributed by atoms with Crippen LogP contribution in [0.25, 0.3) is 22.2 Å². The first kappa shape index (κ1) is 23.5. The molecule has 0 spiro atoms. The minimum Gasteiger partial charge on any atom is -0.478 e. The van der Waals surface area contributed by atoms with Gasteiger partial charge < -0.3 is 9.67 Å². The van der Waals surface area contributed by atoms with Gasteiger partial charge in [-0.3, -0.25) is 4.72 Å². The number of carboxylic acid groups (broad SMARTS) is 1. The van der Waals surface area contributed by atoms with Crippen molar-refractivity contribution in [2.45, 2.75) is 32.7 Å². The SMILES string of the molecule is CCCCc1nc2cc(NS(C)(=O)=O)ccc2n1Cc1ccc(-c2ccccc2C(=O)O)cc1. The maximum absolute atomic E-state index is 11.6. The predicted molar refractivity (Wildman–Crippen MR) is 135 cm³/mol. The first-order valence-electron chi connectivity index (χ1n) is 11.1. The number of fused-ring (bicyclic) bond motifs is 1. The third kappa shape index (κ3) is 5.28. The van der Waals surface area contributed by atoms with Crippen LogP contribution >= 0.6 is 0 Å². The van der Waals surface area contributed by atoms with Crippen LogP contribution < -0.4 is 4.72 Å². The summed E-state index contributed by atoms with van der Waals surface area (Å²) in [5.74, 6) is 0.00325. The van der Waals surface area contributed by atoms with E-state index in [-0.39, 0.29) is 5.56 Å². The molecular formula is C26H27N3O4S. The van der Waals surface area contributed by atoms with E-state index in [1.54, 1.807) is 24.3 Å². The largest absolute Gasteiger partial charge is 0.478 e. The third-order valence-corrected chi connectivity index (χ3v) is 6.25. The van der Waals surface area contributed by atoms with Crippen molar-refractivity contribution in [3.8, 4) is 11.1 Å². The molecule has 1 aromatic heterocycles. The maximum atomic E-state index is 11.6. The summed E-state index contributed by atoms with van der Waals surface area (Å²) >= 11 is 0. The van der Waals surface area contributed by atoms with Crippen LogP contribution in [0.15, 0.2) is 66.7 Å². The number of unbranched alkanes of at least 4 members (excludes halogenated alkanes) is 1. The Labute approximate surface area is 199 Å². The minimum absolute atomic E-state index is 0.274. The lowest BCUT2D eigenvalue weighted by atomic mass is 9.99. The van der Waals surface area contributed by atoms with E-state index in [2.05, 4.69) is 16.2 Å². The average Bonchev–Trinajstić information content (AvgIpc) is 3.13. The second-order valence-electron chi connectivity index (χ2n) is 8.34. The van der Waals surface area contributed by atoms with Gasteiger partial charge in [0.25, 0.3) is 0 Å². The van der Waals surface area contributed by atoms with Gasteiger partial charge in [-0.15, -0.1) is 0 Å². The molecule has 0 fully saturated rings. The molecule has 0 bridgehead atoms. The van der Waals surface area contributed by atoms with Gasteiger partial charge in [-0.2, -0.15) is 0 Å². The summed E-state index contributed by atoms with van der Waals surface area (Å²) in [6, 6.07) is 20.3. The van der Waals surface area contributed by atoms with E-state index in [1.807, 2.05) is 42.5 Å². The highest BCUT2D eigenvalue weighted by Crippen LogP contribution is 2.26. The molecule has 0 aliphatic carbocycles. The number of sulfonamides is 1. The first-order valence-corrected chi connectivity index (χ1v) is 13.0. The molecule has 176 valence electrons. The number of aromatic nitrogens is 2. The fourth-order valence-electron chi connectivity index (χ4n) is 4.05. The van der Waals surface area contributed by atoms with Crippen molar-refractivity contribution in [3.05, 3.63) is 83.7 Å². The standard InChI is InChI=1S/C26H27N3O4S/c1-3-4-9-25-27-23-16-20(28-34(2,32)33)14-15-24(23)29(25)17-18-10-12-19(13-11-18)21-7-5-6-8-22(21)26(30)31/h5-8,10-16,28H,3-4,9,17H2,1-2H3,(H,30,31). The maximum Gasteiger partial charge on any atom is 0.336 e. The summed E-state index contributed by atoms with van der Waals surface area (Å²) in [5.41, 5.74) is 5.03. The van der Waals surface area contributed by atoms with Crippen molar-refractivity contribution in [2.75, 3.05) is 11.0 Å². The van der Waals surface area contributed by atoms with Crippen LogP contribution in [0.3, 0.4) is 0 Å². The second kappa shape index (κ2) is 9.69. The number of hydrogen-bond acceptors (Lipinski definition) is 4. The fraction of sp³-hybridized carbons (Fsp3) is 0.231. The van der Waals surface area contributed by atoms with Gasteiger partial charge in [0.15, 0.2) is 0 Å². The molecular weight excluding hydrogens is 450 g/mol. The summed E-state index contributed by atoms with van der Waals surface area (Å²) < 4.78 is 27.9. The number of imidazole rings is 1. The molecule has 0 atom stereocenters. The van der Waals surface area contributed by atoms with E-state index in [0.29, 0.717) is 17.8 Å². The van der Waals surface area contributed by atoms with Crippen LogP contribution in [-0.4, -0.2) is 35.3 Å². The Hall–Kier alpha value is -3.65. The molecule has 0 aliphatic heterocycles. The molecule has 4 rings (SSSR count). The van der Waals surface area contributed by atoms with Gasteiger partial charge in [0.1, 0.15) is 5.82 Å². The highest BCUT2D eigenvalue weighted by atomic mass is 32.2. The molecule has 4 aromatic rings. The number of carbonyl (C=O) groups is 1. The quantitative estimate of drug-likeness (QED) is 0.347. The molecule has 0 saturated carbocycles. The Morgan fingerprint density at radius 1 is 1.06 bits per heavy atom. The van der Waals surface area contributed by atoms with Gasteiger partial charge in [0, 0.05) is 13.0 Å². The lowest BCUT2D eigenvalue weighted by molar-refractivity contribution is 0.0697. The molecule has 2 N–H and O–H groups in total. The molecule has 34 heavy (non-hydrogen) atoms. The summed E-state index contributed by atoms with van der Waals surface area (Å²) in [6.45, 7) is 2.74. The Bertz CT molecular complexity index is 1440. The zero-order valence-corrected chi connectivity index (χ0v) is 20.0. The lowest BCUT2D eigenvalue weighted by Crippen LogP contribution is -2.09. The van der Waals surface area contributed by atoms with E-state index in [9.17, 15) is 18.3 Å². The van der Waals surface area contributed by atoms with Crippen molar-refractivity contribution in [1.82, 2.24) is 9.55 Å². The fourth-order valence-corrected chi connectivity index (χ4v) is 4.61. The molecule has 7 nitrogen and oxygen atoms in total. The van der Waals surface area contributed by atoms with E-state index in [0.717, 1.165) is 53.5 Å². The van der Waals surface area contributed by atoms with Gasteiger partial charge in [0.05, 0.1) is 28.5 Å². The number of benzene rings is 3. The van der Waals surface area contributed by atoms with Crippen molar-refractivity contribution >= 4 is 32.7 Å². The monoisotopic (exact) mass is 477 g/mol. The van der Waals surface area contributed by atoms with E-state index in [4.69, 9.17) is 4.98 Å². The minimum atomic E-state index is -3.37. The predicted octanol–water partition coefficient (Wildman–Crippen LogP) is 5.16. The Morgan fingerprint density at radius 2 is 1.79 bits per heavy atom. The van der Waals surface area contributed by atoms with Crippen LogP contribution in [0.4, 0.5) is 5.69 Å². The molecule has 8 heteroatoms. The van der Waals surface area contributed by atoms with Crippen molar-refractivity contribution in [1.29, 1.82) is 0 Å². The Balaban J connectivity index is 1.67. The van der Waals surface area contributed by atoms with Crippen molar-refractivity contribution in [2.24, 2.45) is 0 Å². The molecule has 0 amide bonds. The Kier molecular flexibility index (Phi) is 6.70. The van der Waals surface area contributed by atoms with Gasteiger partial charge in [-0.05, 0) is 47.4 Å². The molecule has 0 saturated heterocycles. The second-order valence-corrected chi connectivity index (χ2v) is 10.1. The highest BCUT2D eigenvalue weighted by molar-refractivity contribution is 7.92. The number of aryl methyl sites for hydroxylation is 1. The smallest absolute Gasteiger partial charge is 0.336 e. The van der Waals surface area contributed by atoms with Crippen LogP contribution in [-0.2, 0) is 23.0 Å². The first-order chi connectivity index (χ1) is 16.2. The summed E-state index contributed by atoms with van der Waals surface area (Å²) in [7, 11) is -3.37. The molecule has 0 unspecified atom stereocenters. The van der Waals surface area contributed by atoms with Gasteiger partial charge in [-0.25, -0.2) is 18.2 Å². The van der Waals surface area contributed by atoms with Gasteiger partial charge in [0.2, 0.25) is 10.0 Å². The number of aromatic carboxylic acids is 1. The topological polar surface area (TPSA) is 101 Å². The molecule has 3 aromatic carbocycles. The Morgan fingerprint density at radius 3 is 2.47 bits per heavy atom. The summed E-state index contributed by atoms with van der Waals surface area (Å²) in [5, 5.41) is 9.49. The van der Waals surface area contributed by atoms with Crippen LogP contribution in [0.5, 0.6) is 0 Å². The molecule has 0 radical (unpaired) electrons. The number of anilines is 1. The number of hydrogen-bond donors (Lipinski definition) is 2. The lowest BCUT2D eigenvalue weighted by Gasteiger charge is -2.11. The number of nitrogens with one attached hydrogen (secondary N) is 1. The summed E-state index contributed by atoms with van der Waals surface area (Å²) in [4.78, 5) is 16.4. The van der Waals surface area contributed by atoms with Crippen LogP contribution in [0.1, 0.15) is 41.5 Å². The highest BCUT2D eigenvalue weighted by Gasteiger charge is 2.14. The van der Waals surface area contributed by atoms with Crippen molar-refractivity contribution < 1.29 is 18.3 Å². The third-order valence-electron chi connectivity index (χ3n) is 5.65. The number of rotatable bonds is 9. The van der Waals surface area contributed by atoms with Crippen molar-refractivity contribution in [3.63, 3.8) is 0 Å². The van der Waals surface area contributed by atoms with E-state index >= 15 is 0 Å². The van der Waals surface area contributed by atoms with Crippen LogP contribution in [0.2, 0.25) is 0 Å². The average molecular weight is 478 g/mol. The number of nitrogens with zero attached hydrogens (tertiary/aromatic N) is 2. The number of carboxylic acids is 1. The van der Waals surface area contributed by atoms with Gasteiger partial charge >= 0.3 is 5.97 Å². The summed E-state index contributed by atoms with van der Waals surface area (Å²) in [6.07, 6.45) is 4.00. The zero-order chi connectivity index (χ0) is 24.3. The molecule has 0 aliphatic rings. The van der Waals surface area contributed by atoms with Crippen LogP contribution in [0, 0.1) is 0 Å². The van der Waals surface area contributed by atoms with E-state index < -0.39 is 16.0 Å². The molecule has 1 heterocycles.